The Labute approximate surface area is 242 Å². The number of rotatable bonds is 9. The van der Waals surface area contributed by atoms with Gasteiger partial charge >= 0.3 is 0 Å². The number of nitrogen functional groups attached to an aromatic ring is 1. The molecule has 2 aliphatic rings. The lowest BCUT2D eigenvalue weighted by atomic mass is 9.87. The number of carbonyl (C=O) groups excluding carboxylic acids is 1. The van der Waals surface area contributed by atoms with Gasteiger partial charge in [0.15, 0.2) is 5.78 Å². The lowest BCUT2D eigenvalue weighted by Crippen LogP contribution is -2.44. The summed E-state index contributed by atoms with van der Waals surface area (Å²) in [6, 6.07) is 16.6. The van der Waals surface area contributed by atoms with E-state index in [9.17, 15) is 4.79 Å². The first-order chi connectivity index (χ1) is 18.9. The highest BCUT2D eigenvalue weighted by molar-refractivity contribution is 7.20. The van der Waals surface area contributed by atoms with Crippen LogP contribution in [0.3, 0.4) is 0 Å². The van der Waals surface area contributed by atoms with Gasteiger partial charge in [0, 0.05) is 34.1 Å². The molecule has 2 aromatic carbocycles. The van der Waals surface area contributed by atoms with Crippen molar-refractivity contribution in [2.24, 2.45) is 0 Å². The van der Waals surface area contributed by atoms with Crippen molar-refractivity contribution in [1.82, 2.24) is 4.90 Å². The van der Waals surface area contributed by atoms with E-state index in [1.807, 2.05) is 38.1 Å². The summed E-state index contributed by atoms with van der Waals surface area (Å²) in [6.45, 7) is 4.83. The molecule has 6 heteroatoms. The SMILES string of the molecule is CC(C)Oc1ccc(-c2sc(N)c(C(=O)c3ccc(Cl)cc3)c2CN(C2CCCCC2)C2CCCCC2)cc1. The molecule has 208 valence electrons. The molecular weight excluding hydrogens is 524 g/mol. The number of anilines is 1. The number of hydrogen-bond donors (Lipinski definition) is 1. The van der Waals surface area contributed by atoms with Gasteiger partial charge in [-0.3, -0.25) is 9.69 Å². The van der Waals surface area contributed by atoms with E-state index in [0.717, 1.165) is 28.3 Å². The third kappa shape index (κ3) is 6.70. The zero-order valence-electron chi connectivity index (χ0n) is 23.3. The van der Waals surface area contributed by atoms with Gasteiger partial charge in [0.2, 0.25) is 0 Å². The average Bonchev–Trinajstić information content (AvgIpc) is 3.28. The standard InChI is InChI=1S/C33H41ClN2O2S/c1-22(2)38-28-19-15-24(16-20-28)32-29(30(33(35)39-32)31(37)23-13-17-25(34)18-14-23)21-36(26-9-5-3-6-10-26)27-11-7-4-8-12-27/h13-20,22,26-27H,3-12,21,35H2,1-2H3. The average molecular weight is 565 g/mol. The minimum absolute atomic E-state index is 0.0198. The molecule has 0 unspecified atom stereocenters. The second-order valence-corrected chi connectivity index (χ2v) is 12.9. The zero-order valence-corrected chi connectivity index (χ0v) is 24.8. The Balaban J connectivity index is 1.58. The third-order valence-electron chi connectivity index (χ3n) is 8.28. The number of ether oxygens (including phenoxy) is 1. The Bertz CT molecular complexity index is 1220. The molecule has 2 aliphatic carbocycles. The normalized spacial score (nSPS) is 17.2. The molecule has 0 amide bonds. The molecule has 1 aromatic heterocycles. The Kier molecular flexibility index (Phi) is 9.32. The maximum Gasteiger partial charge on any atom is 0.196 e. The highest BCUT2D eigenvalue weighted by atomic mass is 35.5. The van der Waals surface area contributed by atoms with E-state index >= 15 is 0 Å². The summed E-state index contributed by atoms with van der Waals surface area (Å²) >= 11 is 7.68. The molecule has 0 atom stereocenters. The number of carbonyl (C=O) groups is 1. The number of benzene rings is 2. The molecule has 2 saturated carbocycles. The van der Waals surface area contributed by atoms with Crippen LogP contribution in [0.4, 0.5) is 5.00 Å². The maximum atomic E-state index is 14.0. The molecule has 3 aromatic rings. The minimum atomic E-state index is -0.0198. The summed E-state index contributed by atoms with van der Waals surface area (Å²) in [6.07, 6.45) is 12.9. The molecule has 0 spiro atoms. The molecule has 2 fully saturated rings. The first kappa shape index (κ1) is 28.2. The fraction of sp³-hybridized carbons (Fsp3) is 0.485. The monoisotopic (exact) mass is 564 g/mol. The summed E-state index contributed by atoms with van der Waals surface area (Å²) in [7, 11) is 0. The summed E-state index contributed by atoms with van der Waals surface area (Å²) in [4.78, 5) is 17.9. The summed E-state index contributed by atoms with van der Waals surface area (Å²) in [5.74, 6) is 0.831. The third-order valence-corrected chi connectivity index (χ3v) is 9.65. The summed E-state index contributed by atoms with van der Waals surface area (Å²) in [5, 5.41) is 1.21. The van der Waals surface area contributed by atoms with Gasteiger partial charge in [0.1, 0.15) is 5.75 Å². The predicted octanol–water partition coefficient (Wildman–Crippen LogP) is 9.14. The number of thiophene rings is 1. The topological polar surface area (TPSA) is 55.6 Å². The van der Waals surface area contributed by atoms with E-state index in [4.69, 9.17) is 22.1 Å². The van der Waals surface area contributed by atoms with Crippen molar-refractivity contribution in [2.45, 2.75) is 103 Å². The molecule has 5 rings (SSSR count). The molecule has 2 N–H and O–H groups in total. The lowest BCUT2D eigenvalue weighted by molar-refractivity contribution is 0.0728. The molecular formula is C33H41ClN2O2S. The van der Waals surface area contributed by atoms with E-state index in [1.165, 1.54) is 75.5 Å². The van der Waals surface area contributed by atoms with Crippen molar-refractivity contribution in [3.63, 3.8) is 0 Å². The number of nitrogens with zero attached hydrogens (tertiary/aromatic N) is 1. The van der Waals surface area contributed by atoms with Gasteiger partial charge in [-0.15, -0.1) is 11.3 Å². The van der Waals surface area contributed by atoms with Crippen LogP contribution in [0.1, 0.15) is 99.5 Å². The van der Waals surface area contributed by atoms with Crippen molar-refractivity contribution in [2.75, 3.05) is 5.73 Å². The Morgan fingerprint density at radius 3 is 2.03 bits per heavy atom. The highest BCUT2D eigenvalue weighted by Crippen LogP contribution is 2.43. The Morgan fingerprint density at radius 2 is 1.49 bits per heavy atom. The molecule has 0 bridgehead atoms. The first-order valence-electron chi connectivity index (χ1n) is 14.6. The van der Waals surface area contributed by atoms with Crippen molar-refractivity contribution >= 4 is 33.7 Å². The highest BCUT2D eigenvalue weighted by Gasteiger charge is 2.32. The summed E-state index contributed by atoms with van der Waals surface area (Å²) in [5.41, 5.74) is 10.2. The van der Waals surface area contributed by atoms with Crippen LogP contribution in [0, 0.1) is 0 Å². The quantitative estimate of drug-likeness (QED) is 0.263. The van der Waals surface area contributed by atoms with Gasteiger partial charge in [0.25, 0.3) is 0 Å². The van der Waals surface area contributed by atoms with Gasteiger partial charge in [-0.05, 0) is 99.2 Å². The van der Waals surface area contributed by atoms with Crippen molar-refractivity contribution in [3.05, 3.63) is 70.2 Å². The van der Waals surface area contributed by atoms with Gasteiger partial charge < -0.3 is 10.5 Å². The molecule has 39 heavy (non-hydrogen) atoms. The van der Waals surface area contributed by atoms with Crippen molar-refractivity contribution in [1.29, 1.82) is 0 Å². The first-order valence-corrected chi connectivity index (χ1v) is 15.8. The van der Waals surface area contributed by atoms with Gasteiger partial charge in [-0.2, -0.15) is 0 Å². The second kappa shape index (κ2) is 12.9. The van der Waals surface area contributed by atoms with E-state index in [2.05, 4.69) is 17.0 Å². The van der Waals surface area contributed by atoms with Crippen LogP contribution in [0.2, 0.25) is 5.02 Å². The van der Waals surface area contributed by atoms with Crippen molar-refractivity contribution < 1.29 is 9.53 Å². The zero-order chi connectivity index (χ0) is 27.4. The molecule has 1 heterocycles. The van der Waals surface area contributed by atoms with Crippen LogP contribution >= 0.6 is 22.9 Å². The van der Waals surface area contributed by atoms with Crippen LogP contribution < -0.4 is 10.5 Å². The van der Waals surface area contributed by atoms with Crippen LogP contribution in [0.5, 0.6) is 5.75 Å². The van der Waals surface area contributed by atoms with E-state index in [-0.39, 0.29) is 11.9 Å². The van der Waals surface area contributed by atoms with Crippen LogP contribution in [-0.2, 0) is 6.54 Å². The van der Waals surface area contributed by atoms with Crippen LogP contribution in [-0.4, -0.2) is 28.9 Å². The van der Waals surface area contributed by atoms with Gasteiger partial charge in [-0.1, -0.05) is 50.1 Å². The largest absolute Gasteiger partial charge is 0.491 e. The molecule has 0 aliphatic heterocycles. The molecule has 0 radical (unpaired) electrons. The predicted molar refractivity (Wildman–Crippen MR) is 164 cm³/mol. The summed E-state index contributed by atoms with van der Waals surface area (Å²) < 4.78 is 5.90. The number of halogens is 1. The van der Waals surface area contributed by atoms with Crippen LogP contribution in [0.15, 0.2) is 48.5 Å². The molecule has 4 nitrogen and oxygen atoms in total. The van der Waals surface area contributed by atoms with E-state index < -0.39 is 0 Å². The van der Waals surface area contributed by atoms with Gasteiger partial charge in [0.05, 0.1) is 16.7 Å². The number of nitrogens with two attached hydrogens (primary N) is 1. The van der Waals surface area contributed by atoms with Gasteiger partial charge in [-0.25, -0.2) is 0 Å². The molecule has 0 saturated heterocycles. The second-order valence-electron chi connectivity index (χ2n) is 11.4. The Morgan fingerprint density at radius 1 is 0.923 bits per heavy atom. The minimum Gasteiger partial charge on any atom is -0.491 e. The van der Waals surface area contributed by atoms with E-state index in [0.29, 0.717) is 33.2 Å². The number of hydrogen-bond acceptors (Lipinski definition) is 5. The smallest absolute Gasteiger partial charge is 0.196 e. The Hall–Kier alpha value is -2.34. The van der Waals surface area contributed by atoms with Crippen molar-refractivity contribution in [3.8, 4) is 16.2 Å². The lowest BCUT2D eigenvalue weighted by Gasteiger charge is -2.42. The maximum absolute atomic E-state index is 14.0. The van der Waals surface area contributed by atoms with Crippen LogP contribution in [0.25, 0.3) is 10.4 Å². The fourth-order valence-corrected chi connectivity index (χ4v) is 7.59. The van der Waals surface area contributed by atoms with E-state index in [1.54, 1.807) is 12.1 Å². The number of ketones is 1. The fourth-order valence-electron chi connectivity index (χ4n) is 6.38.